The summed E-state index contributed by atoms with van der Waals surface area (Å²) in [5.41, 5.74) is 1.08. The first kappa shape index (κ1) is 19.4. The minimum atomic E-state index is -0.665. The second-order valence-electron chi connectivity index (χ2n) is 6.49. The molecule has 1 fully saturated rings. The molecule has 8 heteroatoms. The maximum absolute atomic E-state index is 10.8. The Morgan fingerprint density at radius 2 is 1.89 bits per heavy atom. The number of nitrogens with zero attached hydrogens (tertiary/aromatic N) is 3. The van der Waals surface area contributed by atoms with Gasteiger partial charge < -0.3 is 14.7 Å². The third kappa shape index (κ3) is 5.56. The highest BCUT2D eigenvalue weighted by Crippen LogP contribution is 2.21. The topological polar surface area (TPSA) is 79.1 Å². The van der Waals surface area contributed by atoms with Crippen molar-refractivity contribution in [2.45, 2.75) is 6.10 Å². The summed E-state index contributed by atoms with van der Waals surface area (Å²) in [6, 6.07) is 13.8. The van der Waals surface area contributed by atoms with Crippen LogP contribution in [-0.4, -0.2) is 60.4 Å². The number of anilines is 1. The molecule has 0 aliphatic carbocycles. The zero-order chi connectivity index (χ0) is 19.2. The summed E-state index contributed by atoms with van der Waals surface area (Å²) < 4.78 is 5.50. The summed E-state index contributed by atoms with van der Waals surface area (Å²) in [5, 5.41) is 21.7. The van der Waals surface area contributed by atoms with Crippen molar-refractivity contribution in [1.82, 2.24) is 4.90 Å². The number of piperazine rings is 1. The second-order valence-corrected chi connectivity index (χ2v) is 6.92. The van der Waals surface area contributed by atoms with Gasteiger partial charge in [-0.15, -0.1) is 0 Å². The molecule has 7 nitrogen and oxygen atoms in total. The van der Waals surface area contributed by atoms with E-state index in [2.05, 4.69) is 9.80 Å². The number of halogens is 1. The molecule has 1 N–H and O–H groups in total. The van der Waals surface area contributed by atoms with E-state index >= 15 is 0 Å². The van der Waals surface area contributed by atoms with E-state index in [1.807, 2.05) is 24.3 Å². The van der Waals surface area contributed by atoms with Gasteiger partial charge in [0.2, 0.25) is 0 Å². The lowest BCUT2D eigenvalue weighted by Gasteiger charge is -2.36. The van der Waals surface area contributed by atoms with Crippen molar-refractivity contribution in [2.24, 2.45) is 0 Å². The maximum atomic E-state index is 10.8. The standard InChI is InChI=1S/C19H22ClN3O4/c20-15-3-1-4-16(11-15)22-9-7-21(8-10-22)13-18(24)14-27-19-6-2-5-17(12-19)23(25)26/h1-6,11-12,18,24H,7-10,13-14H2. The van der Waals surface area contributed by atoms with Crippen LogP contribution in [0.25, 0.3) is 0 Å². The molecule has 1 aliphatic rings. The number of aliphatic hydroxyl groups excluding tert-OH is 1. The van der Waals surface area contributed by atoms with Crippen LogP contribution in [0.4, 0.5) is 11.4 Å². The van der Waals surface area contributed by atoms with Gasteiger partial charge in [0.15, 0.2) is 0 Å². The fourth-order valence-corrected chi connectivity index (χ4v) is 3.28. The van der Waals surface area contributed by atoms with Gasteiger partial charge in [-0.2, -0.15) is 0 Å². The average Bonchev–Trinajstić information content (AvgIpc) is 2.67. The first-order chi connectivity index (χ1) is 13.0. The lowest BCUT2D eigenvalue weighted by atomic mass is 10.2. The fourth-order valence-electron chi connectivity index (χ4n) is 3.09. The van der Waals surface area contributed by atoms with Gasteiger partial charge in [-0.25, -0.2) is 0 Å². The summed E-state index contributed by atoms with van der Waals surface area (Å²) >= 11 is 6.05. The molecule has 0 radical (unpaired) electrons. The number of nitro groups is 1. The first-order valence-electron chi connectivity index (χ1n) is 8.79. The Kier molecular flexibility index (Phi) is 6.49. The Morgan fingerprint density at radius 3 is 2.59 bits per heavy atom. The number of benzene rings is 2. The zero-order valence-electron chi connectivity index (χ0n) is 14.8. The van der Waals surface area contributed by atoms with Gasteiger partial charge in [0.1, 0.15) is 18.5 Å². The summed E-state index contributed by atoms with van der Waals surface area (Å²) in [5.74, 6) is 0.383. The van der Waals surface area contributed by atoms with E-state index in [-0.39, 0.29) is 12.3 Å². The molecule has 0 saturated carbocycles. The summed E-state index contributed by atoms with van der Waals surface area (Å²) in [4.78, 5) is 14.8. The van der Waals surface area contributed by atoms with Crippen LogP contribution in [-0.2, 0) is 0 Å². The van der Waals surface area contributed by atoms with Crippen LogP contribution >= 0.6 is 11.6 Å². The molecule has 0 amide bonds. The van der Waals surface area contributed by atoms with Gasteiger partial charge in [-0.3, -0.25) is 15.0 Å². The van der Waals surface area contributed by atoms with Gasteiger partial charge in [-0.05, 0) is 24.3 Å². The van der Waals surface area contributed by atoms with Crippen molar-refractivity contribution >= 4 is 23.0 Å². The summed E-state index contributed by atoms with van der Waals surface area (Å²) in [6.45, 7) is 3.98. The van der Waals surface area contributed by atoms with E-state index in [4.69, 9.17) is 16.3 Å². The highest BCUT2D eigenvalue weighted by atomic mass is 35.5. The van der Waals surface area contributed by atoms with Crippen molar-refractivity contribution < 1.29 is 14.8 Å². The second kappa shape index (κ2) is 9.03. The number of aliphatic hydroxyl groups is 1. The lowest BCUT2D eigenvalue weighted by molar-refractivity contribution is -0.384. The van der Waals surface area contributed by atoms with Crippen molar-refractivity contribution in [2.75, 3.05) is 44.2 Å². The molecule has 0 bridgehead atoms. The van der Waals surface area contributed by atoms with Crippen LogP contribution in [0.15, 0.2) is 48.5 Å². The van der Waals surface area contributed by atoms with E-state index in [0.717, 1.165) is 36.9 Å². The smallest absolute Gasteiger partial charge is 0.273 e. The maximum Gasteiger partial charge on any atom is 0.273 e. The molecule has 0 spiro atoms. The molecule has 1 unspecified atom stereocenters. The highest BCUT2D eigenvalue weighted by molar-refractivity contribution is 6.30. The monoisotopic (exact) mass is 391 g/mol. The predicted octanol–water partition coefficient (Wildman–Crippen LogP) is 2.81. The number of ether oxygens (including phenoxy) is 1. The summed E-state index contributed by atoms with van der Waals surface area (Å²) in [7, 11) is 0. The average molecular weight is 392 g/mol. The van der Waals surface area contributed by atoms with Crippen LogP contribution in [0.3, 0.4) is 0 Å². The van der Waals surface area contributed by atoms with Crippen LogP contribution in [0, 0.1) is 10.1 Å². The van der Waals surface area contributed by atoms with Crippen molar-refractivity contribution in [3.05, 3.63) is 63.7 Å². The van der Waals surface area contributed by atoms with Crippen molar-refractivity contribution in [1.29, 1.82) is 0 Å². The Labute approximate surface area is 162 Å². The molecule has 3 rings (SSSR count). The van der Waals surface area contributed by atoms with Gasteiger partial charge >= 0.3 is 0 Å². The van der Waals surface area contributed by atoms with E-state index in [0.29, 0.717) is 12.3 Å². The van der Waals surface area contributed by atoms with Crippen LogP contribution in [0.1, 0.15) is 0 Å². The molecular formula is C19H22ClN3O4. The molecule has 27 heavy (non-hydrogen) atoms. The normalized spacial score (nSPS) is 16.1. The number of hydrogen-bond donors (Lipinski definition) is 1. The van der Waals surface area contributed by atoms with Crippen LogP contribution in [0.5, 0.6) is 5.75 Å². The molecule has 1 heterocycles. The zero-order valence-corrected chi connectivity index (χ0v) is 15.6. The lowest BCUT2D eigenvalue weighted by Crippen LogP contribution is -2.49. The quantitative estimate of drug-likeness (QED) is 0.577. The highest BCUT2D eigenvalue weighted by Gasteiger charge is 2.20. The molecule has 1 saturated heterocycles. The largest absolute Gasteiger partial charge is 0.491 e. The third-order valence-electron chi connectivity index (χ3n) is 4.49. The third-order valence-corrected chi connectivity index (χ3v) is 4.72. The van der Waals surface area contributed by atoms with Gasteiger partial charge in [0.25, 0.3) is 5.69 Å². The van der Waals surface area contributed by atoms with Gasteiger partial charge in [-0.1, -0.05) is 23.7 Å². The fraction of sp³-hybridized carbons (Fsp3) is 0.368. The van der Waals surface area contributed by atoms with Gasteiger partial charge in [0.05, 0.1) is 11.0 Å². The molecule has 0 aromatic heterocycles. The molecule has 2 aromatic rings. The van der Waals surface area contributed by atoms with E-state index in [1.54, 1.807) is 12.1 Å². The van der Waals surface area contributed by atoms with E-state index in [1.165, 1.54) is 12.1 Å². The molecule has 1 aliphatic heterocycles. The number of β-amino-alcohol motifs (C(OH)–C–C–N with tert-alkyl or cyclic N) is 1. The van der Waals surface area contributed by atoms with Crippen molar-refractivity contribution in [3.8, 4) is 5.75 Å². The number of hydrogen-bond acceptors (Lipinski definition) is 6. The summed E-state index contributed by atoms with van der Waals surface area (Å²) in [6.07, 6.45) is -0.665. The Bertz CT molecular complexity index is 781. The SMILES string of the molecule is O=[N+]([O-])c1cccc(OCC(O)CN2CCN(c3cccc(Cl)c3)CC2)c1. The first-order valence-corrected chi connectivity index (χ1v) is 9.17. The Morgan fingerprint density at radius 1 is 1.15 bits per heavy atom. The minimum Gasteiger partial charge on any atom is -0.491 e. The Balaban J connectivity index is 1.43. The van der Waals surface area contributed by atoms with E-state index in [9.17, 15) is 15.2 Å². The minimum absolute atomic E-state index is 0.0286. The number of nitro benzene ring substituents is 1. The van der Waals surface area contributed by atoms with E-state index < -0.39 is 11.0 Å². The van der Waals surface area contributed by atoms with Gasteiger partial charge in [0, 0.05) is 49.5 Å². The molecular weight excluding hydrogens is 370 g/mol. The van der Waals surface area contributed by atoms with Crippen molar-refractivity contribution in [3.63, 3.8) is 0 Å². The number of rotatable bonds is 7. The molecule has 1 atom stereocenters. The molecule has 144 valence electrons. The van der Waals surface area contributed by atoms with Crippen LogP contribution < -0.4 is 9.64 Å². The molecule has 2 aromatic carbocycles. The number of non-ortho nitro benzene ring substituents is 1. The van der Waals surface area contributed by atoms with Crippen LogP contribution in [0.2, 0.25) is 5.02 Å². The predicted molar refractivity (Wildman–Crippen MR) is 105 cm³/mol. The Hall–Kier alpha value is -2.35.